The van der Waals surface area contributed by atoms with Gasteiger partial charge in [0.15, 0.2) is 5.58 Å². The second-order valence-electron chi connectivity index (χ2n) is 8.91. The third kappa shape index (κ3) is 2.48. The zero-order chi connectivity index (χ0) is 23.1. The van der Waals surface area contributed by atoms with Gasteiger partial charge in [0, 0.05) is 16.2 Å². The summed E-state index contributed by atoms with van der Waals surface area (Å²) in [6.45, 7) is 3.97. The fraction of sp³-hybridized carbons (Fsp3) is 0. The first-order valence-electron chi connectivity index (χ1n) is 11.6. The van der Waals surface area contributed by atoms with E-state index in [1.54, 1.807) is 0 Å². The standard InChI is InChI=1S/C31H18N2O2/c1-2-18-11-12-21-23-16-19-7-3-4-8-20(19)17-26(23)33(25(21)15-18)31-32-24-13-14-28-29(30(24)35-31)22-9-5-6-10-27(22)34-28/h2-17H,1H2. The maximum absolute atomic E-state index is 6.56. The minimum Gasteiger partial charge on any atom is -0.456 e. The number of nitrogens with zero attached hydrogens (tertiary/aromatic N) is 2. The molecule has 3 aromatic heterocycles. The molecule has 0 unspecified atom stereocenters. The van der Waals surface area contributed by atoms with Crippen LogP contribution in [0, 0.1) is 0 Å². The number of hydrogen-bond donors (Lipinski definition) is 0. The first kappa shape index (κ1) is 18.6. The molecule has 0 fully saturated rings. The molecule has 3 heterocycles. The molecule has 0 N–H and O–H groups in total. The van der Waals surface area contributed by atoms with E-state index in [-0.39, 0.29) is 0 Å². The molecule has 164 valence electrons. The van der Waals surface area contributed by atoms with Crippen LogP contribution < -0.4 is 0 Å². The van der Waals surface area contributed by atoms with E-state index in [0.29, 0.717) is 6.01 Å². The monoisotopic (exact) mass is 450 g/mol. The van der Waals surface area contributed by atoms with Gasteiger partial charge in [0.1, 0.15) is 16.7 Å². The van der Waals surface area contributed by atoms with E-state index >= 15 is 0 Å². The summed E-state index contributed by atoms with van der Waals surface area (Å²) in [7, 11) is 0. The number of rotatable bonds is 2. The van der Waals surface area contributed by atoms with E-state index in [0.717, 1.165) is 60.4 Å². The Hall–Kier alpha value is -4.83. The molecule has 4 heteroatoms. The third-order valence-corrected chi connectivity index (χ3v) is 6.97. The fourth-order valence-electron chi connectivity index (χ4n) is 5.33. The summed E-state index contributed by atoms with van der Waals surface area (Å²) in [5.41, 5.74) is 6.31. The fourth-order valence-corrected chi connectivity index (χ4v) is 5.33. The summed E-state index contributed by atoms with van der Waals surface area (Å²) in [4.78, 5) is 4.96. The highest BCUT2D eigenvalue weighted by molar-refractivity contribution is 6.17. The van der Waals surface area contributed by atoms with Gasteiger partial charge in [0.2, 0.25) is 0 Å². The highest BCUT2D eigenvalue weighted by Gasteiger charge is 2.20. The number of fused-ring (bicyclic) bond motifs is 9. The lowest BCUT2D eigenvalue weighted by atomic mass is 10.1. The zero-order valence-corrected chi connectivity index (χ0v) is 18.7. The number of para-hydroxylation sites is 1. The van der Waals surface area contributed by atoms with Gasteiger partial charge in [-0.15, -0.1) is 0 Å². The van der Waals surface area contributed by atoms with E-state index < -0.39 is 0 Å². The Balaban J connectivity index is 1.53. The van der Waals surface area contributed by atoms with Crippen LogP contribution in [0.4, 0.5) is 0 Å². The number of benzene rings is 5. The van der Waals surface area contributed by atoms with Gasteiger partial charge in [-0.05, 0) is 52.7 Å². The van der Waals surface area contributed by atoms with E-state index in [1.807, 2.05) is 36.4 Å². The highest BCUT2D eigenvalue weighted by atomic mass is 16.4. The molecular weight excluding hydrogens is 432 g/mol. The molecule has 0 aliphatic heterocycles. The lowest BCUT2D eigenvalue weighted by Crippen LogP contribution is -1.94. The van der Waals surface area contributed by atoms with E-state index in [1.165, 1.54) is 10.8 Å². The molecule has 0 atom stereocenters. The second-order valence-corrected chi connectivity index (χ2v) is 8.91. The van der Waals surface area contributed by atoms with Crippen LogP contribution in [0.25, 0.3) is 77.7 Å². The first-order valence-corrected chi connectivity index (χ1v) is 11.6. The Morgan fingerprint density at radius 2 is 1.49 bits per heavy atom. The van der Waals surface area contributed by atoms with Crippen molar-refractivity contribution < 1.29 is 8.83 Å². The zero-order valence-electron chi connectivity index (χ0n) is 18.7. The van der Waals surface area contributed by atoms with Gasteiger partial charge in [-0.25, -0.2) is 0 Å². The summed E-state index contributed by atoms with van der Waals surface area (Å²) >= 11 is 0. The summed E-state index contributed by atoms with van der Waals surface area (Å²) in [6, 6.07) is 31.8. The molecule has 8 rings (SSSR count). The molecule has 0 aliphatic carbocycles. The summed E-state index contributed by atoms with van der Waals surface area (Å²) in [5.74, 6) is 0. The topological polar surface area (TPSA) is 44.1 Å². The molecule has 5 aromatic carbocycles. The molecule has 0 bridgehead atoms. The highest BCUT2D eigenvalue weighted by Crippen LogP contribution is 2.39. The number of hydrogen-bond acceptors (Lipinski definition) is 3. The van der Waals surface area contributed by atoms with Crippen molar-refractivity contribution in [3.05, 3.63) is 103 Å². The SMILES string of the molecule is C=Cc1ccc2c3cc4ccccc4cc3n(-c3nc4ccc5oc6ccccc6c5c4o3)c2c1. The number of furan rings is 1. The molecule has 35 heavy (non-hydrogen) atoms. The Kier molecular flexibility index (Phi) is 3.51. The normalized spacial score (nSPS) is 12.1. The number of oxazole rings is 1. The van der Waals surface area contributed by atoms with Crippen molar-refractivity contribution in [1.29, 1.82) is 0 Å². The van der Waals surface area contributed by atoms with Crippen LogP contribution in [0.15, 0.2) is 106 Å². The molecular formula is C31H18N2O2. The molecule has 0 saturated carbocycles. The minimum absolute atomic E-state index is 0.536. The van der Waals surface area contributed by atoms with Crippen molar-refractivity contribution in [3.63, 3.8) is 0 Å². The molecule has 0 spiro atoms. The van der Waals surface area contributed by atoms with Gasteiger partial charge in [-0.2, -0.15) is 4.98 Å². The second kappa shape index (κ2) is 6.61. The van der Waals surface area contributed by atoms with Gasteiger partial charge in [-0.3, -0.25) is 4.57 Å². The largest absolute Gasteiger partial charge is 0.456 e. The van der Waals surface area contributed by atoms with Crippen LogP contribution in [-0.2, 0) is 0 Å². The van der Waals surface area contributed by atoms with Crippen LogP contribution in [0.3, 0.4) is 0 Å². The Morgan fingerprint density at radius 1 is 0.686 bits per heavy atom. The van der Waals surface area contributed by atoms with E-state index in [2.05, 4.69) is 71.8 Å². The van der Waals surface area contributed by atoms with Gasteiger partial charge in [0.05, 0.1) is 16.4 Å². The molecule has 0 saturated heterocycles. The van der Waals surface area contributed by atoms with Gasteiger partial charge < -0.3 is 8.83 Å². The third-order valence-electron chi connectivity index (χ3n) is 6.97. The molecule has 0 radical (unpaired) electrons. The maximum atomic E-state index is 6.56. The van der Waals surface area contributed by atoms with E-state index in [9.17, 15) is 0 Å². The number of aromatic nitrogens is 2. The predicted molar refractivity (Wildman–Crippen MR) is 143 cm³/mol. The molecule has 8 aromatic rings. The van der Waals surface area contributed by atoms with Crippen molar-refractivity contribution in [3.8, 4) is 6.01 Å². The summed E-state index contributed by atoms with van der Waals surface area (Å²) in [6.07, 6.45) is 1.87. The predicted octanol–water partition coefficient (Wildman–Crippen LogP) is 8.62. The Morgan fingerprint density at radius 3 is 2.37 bits per heavy atom. The van der Waals surface area contributed by atoms with Gasteiger partial charge >= 0.3 is 6.01 Å². The lowest BCUT2D eigenvalue weighted by Gasteiger charge is -2.03. The van der Waals surface area contributed by atoms with Crippen LogP contribution in [0.5, 0.6) is 0 Å². The average Bonchev–Trinajstić information content (AvgIpc) is 3.57. The molecule has 4 nitrogen and oxygen atoms in total. The maximum Gasteiger partial charge on any atom is 0.307 e. The average molecular weight is 450 g/mol. The molecule has 0 amide bonds. The van der Waals surface area contributed by atoms with Crippen LogP contribution in [0.1, 0.15) is 5.56 Å². The van der Waals surface area contributed by atoms with Gasteiger partial charge in [0.25, 0.3) is 0 Å². The van der Waals surface area contributed by atoms with Crippen molar-refractivity contribution in [2.75, 3.05) is 0 Å². The summed E-state index contributed by atoms with van der Waals surface area (Å²) in [5, 5.41) is 6.67. The van der Waals surface area contributed by atoms with E-state index in [4.69, 9.17) is 13.8 Å². The smallest absolute Gasteiger partial charge is 0.307 e. The van der Waals surface area contributed by atoms with Crippen LogP contribution in [-0.4, -0.2) is 9.55 Å². The van der Waals surface area contributed by atoms with Crippen LogP contribution in [0.2, 0.25) is 0 Å². The quantitative estimate of drug-likeness (QED) is 0.265. The molecule has 0 aliphatic rings. The van der Waals surface area contributed by atoms with Crippen molar-refractivity contribution >= 4 is 71.7 Å². The minimum atomic E-state index is 0.536. The first-order chi connectivity index (χ1) is 17.3. The Labute approximate surface area is 199 Å². The Bertz CT molecular complexity index is 2140. The van der Waals surface area contributed by atoms with Gasteiger partial charge in [-0.1, -0.05) is 67.3 Å². The van der Waals surface area contributed by atoms with Crippen molar-refractivity contribution in [2.45, 2.75) is 0 Å². The van der Waals surface area contributed by atoms with Crippen LogP contribution >= 0.6 is 0 Å². The van der Waals surface area contributed by atoms with Crippen molar-refractivity contribution in [1.82, 2.24) is 9.55 Å². The lowest BCUT2D eigenvalue weighted by molar-refractivity contribution is 0.577. The van der Waals surface area contributed by atoms with Crippen molar-refractivity contribution in [2.24, 2.45) is 0 Å². The summed E-state index contributed by atoms with van der Waals surface area (Å²) < 4.78 is 14.8.